The quantitative estimate of drug-likeness (QED) is 0.365. The van der Waals surface area contributed by atoms with Gasteiger partial charge in [0.25, 0.3) is 0 Å². The van der Waals surface area contributed by atoms with Crippen molar-refractivity contribution >= 4 is 35.8 Å². The van der Waals surface area contributed by atoms with Gasteiger partial charge in [0.2, 0.25) is 5.88 Å². The minimum Gasteiger partial charge on any atom is -0.472 e. The van der Waals surface area contributed by atoms with Gasteiger partial charge in [0.1, 0.15) is 11.9 Å². The van der Waals surface area contributed by atoms with E-state index < -0.39 is 0 Å². The summed E-state index contributed by atoms with van der Waals surface area (Å²) in [6.45, 7) is 5.72. The van der Waals surface area contributed by atoms with Gasteiger partial charge in [-0.1, -0.05) is 12.1 Å². The third kappa shape index (κ3) is 5.94. The lowest BCUT2D eigenvalue weighted by atomic mass is 10.2. The van der Waals surface area contributed by atoms with Crippen LogP contribution in [-0.2, 0) is 11.3 Å². The molecule has 2 fully saturated rings. The molecule has 0 aromatic carbocycles. The zero-order chi connectivity index (χ0) is 19.9. The number of likely N-dealkylation sites (tertiary alicyclic amines) is 1. The Kier molecular flexibility index (Phi) is 8.50. The Morgan fingerprint density at radius 2 is 2.07 bits per heavy atom. The van der Waals surface area contributed by atoms with Gasteiger partial charge in [-0.25, -0.2) is 9.97 Å². The Bertz CT molecular complexity index is 799. The minimum atomic E-state index is 0. The third-order valence-corrected chi connectivity index (χ3v) is 5.18. The molecule has 9 heteroatoms. The Morgan fingerprint density at radius 1 is 1.20 bits per heavy atom. The van der Waals surface area contributed by atoms with Gasteiger partial charge in [0.15, 0.2) is 5.96 Å². The first kappa shape index (κ1) is 22.5. The smallest absolute Gasteiger partial charge is 0.213 e. The number of aliphatic imine (C=N–C) groups is 1. The van der Waals surface area contributed by atoms with E-state index in [1.807, 2.05) is 31.4 Å². The Balaban J connectivity index is 0.00000256. The van der Waals surface area contributed by atoms with Crippen molar-refractivity contribution in [3.63, 3.8) is 0 Å². The SMILES string of the molecule is CN=C(NCc1ccc(N2CCOCC2)nc1)N1CCC(Oc2ccccn2)C1.I. The van der Waals surface area contributed by atoms with E-state index in [0.717, 1.165) is 63.2 Å². The fourth-order valence-corrected chi connectivity index (χ4v) is 3.62. The van der Waals surface area contributed by atoms with Crippen molar-refractivity contribution < 1.29 is 9.47 Å². The maximum atomic E-state index is 5.97. The molecule has 1 atom stereocenters. The molecule has 2 aromatic heterocycles. The van der Waals surface area contributed by atoms with E-state index in [9.17, 15) is 0 Å². The van der Waals surface area contributed by atoms with Crippen LogP contribution in [0.2, 0.25) is 0 Å². The summed E-state index contributed by atoms with van der Waals surface area (Å²) in [5.41, 5.74) is 1.13. The Hall–Kier alpha value is -2.14. The van der Waals surface area contributed by atoms with Crippen LogP contribution in [0.3, 0.4) is 0 Å². The van der Waals surface area contributed by atoms with Crippen molar-refractivity contribution in [2.45, 2.75) is 19.1 Å². The summed E-state index contributed by atoms with van der Waals surface area (Å²) < 4.78 is 11.4. The number of halogens is 1. The van der Waals surface area contributed by atoms with E-state index in [4.69, 9.17) is 9.47 Å². The van der Waals surface area contributed by atoms with Crippen LogP contribution < -0.4 is 15.0 Å². The van der Waals surface area contributed by atoms with Crippen molar-refractivity contribution in [3.05, 3.63) is 48.3 Å². The molecule has 162 valence electrons. The van der Waals surface area contributed by atoms with Gasteiger partial charge in [-0.2, -0.15) is 0 Å². The van der Waals surface area contributed by atoms with Gasteiger partial charge in [0, 0.05) is 58.1 Å². The molecule has 1 unspecified atom stereocenters. The zero-order valence-corrected chi connectivity index (χ0v) is 19.6. The standard InChI is InChI=1S/C21H28N6O2.HI/c1-22-21(27-9-7-18(16-27)29-20-4-2-3-8-23-20)25-15-17-5-6-19(24-14-17)26-10-12-28-13-11-26;/h2-6,8,14,18H,7,9-13,15-16H2,1H3,(H,22,25);1H. The van der Waals surface area contributed by atoms with E-state index in [1.54, 1.807) is 6.20 Å². The molecule has 0 bridgehead atoms. The molecule has 2 aromatic rings. The maximum Gasteiger partial charge on any atom is 0.213 e. The topological polar surface area (TPSA) is 75.1 Å². The number of morpholine rings is 1. The van der Waals surface area contributed by atoms with Gasteiger partial charge in [-0.15, -0.1) is 24.0 Å². The van der Waals surface area contributed by atoms with Gasteiger partial charge in [0.05, 0.1) is 19.8 Å². The van der Waals surface area contributed by atoms with Crippen LogP contribution in [0.1, 0.15) is 12.0 Å². The van der Waals surface area contributed by atoms with Gasteiger partial charge >= 0.3 is 0 Å². The number of aromatic nitrogens is 2. The number of anilines is 1. The Labute approximate surface area is 194 Å². The number of nitrogens with one attached hydrogen (secondary N) is 1. The summed E-state index contributed by atoms with van der Waals surface area (Å²) >= 11 is 0. The van der Waals surface area contributed by atoms with Crippen molar-refractivity contribution in [2.24, 2.45) is 4.99 Å². The predicted octanol–water partition coefficient (Wildman–Crippen LogP) is 2.16. The second-order valence-electron chi connectivity index (χ2n) is 7.17. The van der Waals surface area contributed by atoms with Crippen LogP contribution >= 0.6 is 24.0 Å². The van der Waals surface area contributed by atoms with Crippen LogP contribution in [0.15, 0.2) is 47.7 Å². The lowest BCUT2D eigenvalue weighted by Crippen LogP contribution is -2.40. The van der Waals surface area contributed by atoms with E-state index in [2.05, 4.69) is 42.2 Å². The lowest BCUT2D eigenvalue weighted by molar-refractivity contribution is 0.122. The van der Waals surface area contributed by atoms with Crippen LogP contribution in [0.5, 0.6) is 5.88 Å². The highest BCUT2D eigenvalue weighted by Crippen LogP contribution is 2.17. The average Bonchev–Trinajstić information content (AvgIpc) is 3.24. The number of rotatable bonds is 5. The second-order valence-corrected chi connectivity index (χ2v) is 7.17. The third-order valence-electron chi connectivity index (χ3n) is 5.18. The minimum absolute atomic E-state index is 0. The lowest BCUT2D eigenvalue weighted by Gasteiger charge is -2.27. The van der Waals surface area contributed by atoms with Crippen molar-refractivity contribution in [3.8, 4) is 5.88 Å². The molecule has 1 N–H and O–H groups in total. The van der Waals surface area contributed by atoms with Gasteiger partial charge in [-0.05, 0) is 17.7 Å². The molecule has 2 aliphatic rings. The van der Waals surface area contributed by atoms with E-state index >= 15 is 0 Å². The van der Waals surface area contributed by atoms with Crippen molar-refractivity contribution in [2.75, 3.05) is 51.3 Å². The number of guanidine groups is 1. The molecule has 30 heavy (non-hydrogen) atoms. The zero-order valence-electron chi connectivity index (χ0n) is 17.2. The fraction of sp³-hybridized carbons (Fsp3) is 0.476. The molecule has 2 saturated heterocycles. The number of nitrogens with zero attached hydrogens (tertiary/aromatic N) is 5. The molecule has 4 rings (SSSR count). The van der Waals surface area contributed by atoms with E-state index in [1.165, 1.54) is 0 Å². The number of pyridine rings is 2. The first-order valence-corrected chi connectivity index (χ1v) is 10.1. The normalized spacial score (nSPS) is 19.4. The predicted molar refractivity (Wildman–Crippen MR) is 128 cm³/mol. The molecule has 4 heterocycles. The number of hydrogen-bond donors (Lipinski definition) is 1. The first-order chi connectivity index (χ1) is 14.3. The highest BCUT2D eigenvalue weighted by molar-refractivity contribution is 14.0. The highest BCUT2D eigenvalue weighted by atomic mass is 127. The Morgan fingerprint density at radius 3 is 2.77 bits per heavy atom. The molecule has 0 saturated carbocycles. The summed E-state index contributed by atoms with van der Waals surface area (Å²) in [4.78, 5) is 17.8. The number of hydrogen-bond acceptors (Lipinski definition) is 6. The largest absolute Gasteiger partial charge is 0.472 e. The number of ether oxygens (including phenoxy) is 2. The van der Waals surface area contributed by atoms with Crippen LogP contribution in [0.25, 0.3) is 0 Å². The van der Waals surface area contributed by atoms with Crippen molar-refractivity contribution in [1.82, 2.24) is 20.2 Å². The van der Waals surface area contributed by atoms with E-state index in [0.29, 0.717) is 12.4 Å². The molecule has 2 aliphatic heterocycles. The second kappa shape index (κ2) is 11.3. The molecule has 0 radical (unpaired) electrons. The summed E-state index contributed by atoms with van der Waals surface area (Å²) in [6, 6.07) is 9.92. The fourth-order valence-electron chi connectivity index (χ4n) is 3.62. The summed E-state index contributed by atoms with van der Waals surface area (Å²) in [7, 11) is 1.81. The van der Waals surface area contributed by atoms with Crippen LogP contribution in [0, 0.1) is 0 Å². The molecule has 0 amide bonds. The molecule has 0 aliphatic carbocycles. The molecule has 0 spiro atoms. The van der Waals surface area contributed by atoms with Crippen molar-refractivity contribution in [1.29, 1.82) is 0 Å². The molecule has 8 nitrogen and oxygen atoms in total. The molecular formula is C21H29IN6O2. The average molecular weight is 524 g/mol. The van der Waals surface area contributed by atoms with Crippen LogP contribution in [-0.4, -0.2) is 73.4 Å². The summed E-state index contributed by atoms with van der Waals surface area (Å²) in [5.74, 6) is 2.57. The highest BCUT2D eigenvalue weighted by Gasteiger charge is 2.26. The summed E-state index contributed by atoms with van der Waals surface area (Å²) in [6.07, 6.45) is 4.76. The molecular weight excluding hydrogens is 495 g/mol. The monoisotopic (exact) mass is 524 g/mol. The van der Waals surface area contributed by atoms with Crippen LogP contribution in [0.4, 0.5) is 5.82 Å². The van der Waals surface area contributed by atoms with E-state index in [-0.39, 0.29) is 30.1 Å². The summed E-state index contributed by atoms with van der Waals surface area (Å²) in [5, 5.41) is 3.44. The maximum absolute atomic E-state index is 5.97. The first-order valence-electron chi connectivity index (χ1n) is 10.1. The van der Waals surface area contributed by atoms with Gasteiger partial charge in [-0.3, -0.25) is 4.99 Å². The van der Waals surface area contributed by atoms with Gasteiger partial charge < -0.3 is 24.6 Å².